The third-order valence-electron chi connectivity index (χ3n) is 3.76. The number of aromatic nitrogens is 3. The molecule has 130 valence electrons. The summed E-state index contributed by atoms with van der Waals surface area (Å²) in [6, 6.07) is 7.50. The summed E-state index contributed by atoms with van der Waals surface area (Å²) in [5.74, 6) is -1.64. The Balaban J connectivity index is 1.87. The molecule has 0 fully saturated rings. The number of benzene rings is 2. The van der Waals surface area contributed by atoms with E-state index in [0.29, 0.717) is 22.5 Å². The lowest BCUT2D eigenvalue weighted by atomic mass is 9.91. The van der Waals surface area contributed by atoms with Gasteiger partial charge in [0.25, 0.3) is 0 Å². The molecule has 1 aromatic heterocycles. The van der Waals surface area contributed by atoms with Crippen LogP contribution in [0.2, 0.25) is 5.02 Å². The molecule has 0 radical (unpaired) electrons. The largest absolute Gasteiger partial charge is 0.506 e. The van der Waals surface area contributed by atoms with Crippen molar-refractivity contribution >= 4 is 11.6 Å². The predicted octanol–water partition coefficient (Wildman–Crippen LogP) is 3.35. The molecule has 25 heavy (non-hydrogen) atoms. The highest BCUT2D eigenvalue weighted by Crippen LogP contribution is 2.29. The molecule has 1 heterocycles. The number of aliphatic hydroxyl groups is 1. The molecule has 0 saturated carbocycles. The first kappa shape index (κ1) is 17.3. The highest BCUT2D eigenvalue weighted by molar-refractivity contribution is 6.30. The molecule has 0 aliphatic carbocycles. The van der Waals surface area contributed by atoms with Crippen molar-refractivity contribution in [2.24, 2.45) is 0 Å². The number of hydrogen-bond donors (Lipinski definition) is 2. The minimum atomic E-state index is -1.61. The quantitative estimate of drug-likeness (QED) is 0.743. The first-order valence-corrected chi connectivity index (χ1v) is 7.72. The molecule has 2 aromatic carbocycles. The van der Waals surface area contributed by atoms with Gasteiger partial charge in [-0.3, -0.25) is 0 Å². The van der Waals surface area contributed by atoms with Gasteiger partial charge in [-0.05, 0) is 25.1 Å². The Morgan fingerprint density at radius 3 is 2.64 bits per heavy atom. The van der Waals surface area contributed by atoms with E-state index in [-0.39, 0.29) is 17.7 Å². The van der Waals surface area contributed by atoms with Gasteiger partial charge in [0.1, 0.15) is 23.1 Å². The summed E-state index contributed by atoms with van der Waals surface area (Å²) < 4.78 is 28.3. The Labute approximate surface area is 147 Å². The normalized spacial score (nSPS) is 13.6. The standard InChI is InChI=1S/C17H14ClF2N3O2/c1-17(25,13-4-3-11(19)7-14(13)20)8-12-9-23(22-21-12)15-5-2-10(18)6-16(15)24/h2-7,9,24-25H,8H2,1H3. The molecule has 1 atom stereocenters. The molecule has 3 rings (SSSR count). The first-order valence-electron chi connectivity index (χ1n) is 7.34. The number of phenolic OH excluding ortho intramolecular Hbond substituents is 1. The molecular weight excluding hydrogens is 352 g/mol. The third kappa shape index (κ3) is 3.62. The van der Waals surface area contributed by atoms with Crippen LogP contribution in [0, 0.1) is 11.6 Å². The molecule has 0 aliphatic rings. The zero-order chi connectivity index (χ0) is 18.2. The van der Waals surface area contributed by atoms with Crippen molar-refractivity contribution in [3.63, 3.8) is 0 Å². The fourth-order valence-electron chi connectivity index (χ4n) is 2.56. The van der Waals surface area contributed by atoms with Gasteiger partial charge in [0.15, 0.2) is 0 Å². The lowest BCUT2D eigenvalue weighted by molar-refractivity contribution is 0.0526. The van der Waals surface area contributed by atoms with Gasteiger partial charge in [-0.15, -0.1) is 5.10 Å². The minimum Gasteiger partial charge on any atom is -0.506 e. The van der Waals surface area contributed by atoms with Crippen LogP contribution in [-0.4, -0.2) is 25.2 Å². The Hall–Kier alpha value is -2.51. The number of phenols is 1. The number of hydrogen-bond acceptors (Lipinski definition) is 4. The van der Waals surface area contributed by atoms with Crippen LogP contribution in [0.3, 0.4) is 0 Å². The van der Waals surface area contributed by atoms with E-state index in [1.54, 1.807) is 12.1 Å². The van der Waals surface area contributed by atoms with E-state index in [0.717, 1.165) is 6.07 Å². The Morgan fingerprint density at radius 2 is 1.96 bits per heavy atom. The second kappa shape index (κ2) is 6.42. The van der Waals surface area contributed by atoms with Gasteiger partial charge < -0.3 is 10.2 Å². The zero-order valence-corrected chi connectivity index (χ0v) is 13.9. The van der Waals surface area contributed by atoms with Crippen LogP contribution in [0.4, 0.5) is 8.78 Å². The summed E-state index contributed by atoms with van der Waals surface area (Å²) in [7, 11) is 0. The maximum atomic E-state index is 13.9. The van der Waals surface area contributed by atoms with Crippen molar-refractivity contribution in [1.29, 1.82) is 0 Å². The molecular formula is C17H14ClF2N3O2. The van der Waals surface area contributed by atoms with Gasteiger partial charge in [-0.1, -0.05) is 22.9 Å². The van der Waals surface area contributed by atoms with Crippen molar-refractivity contribution < 1.29 is 19.0 Å². The van der Waals surface area contributed by atoms with Crippen molar-refractivity contribution in [1.82, 2.24) is 15.0 Å². The summed E-state index contributed by atoms with van der Waals surface area (Å²) in [6.07, 6.45) is 1.45. The third-order valence-corrected chi connectivity index (χ3v) is 4.00. The van der Waals surface area contributed by atoms with Crippen LogP contribution >= 0.6 is 11.6 Å². The second-order valence-corrected chi connectivity index (χ2v) is 6.30. The molecule has 2 N–H and O–H groups in total. The number of aromatic hydroxyl groups is 1. The van der Waals surface area contributed by atoms with Gasteiger partial charge in [0.05, 0.1) is 17.5 Å². The van der Waals surface area contributed by atoms with Crippen molar-refractivity contribution in [3.05, 3.63) is 70.5 Å². The van der Waals surface area contributed by atoms with Gasteiger partial charge in [-0.25, -0.2) is 13.5 Å². The summed E-state index contributed by atoms with van der Waals surface area (Å²) in [5.41, 5.74) is -0.933. The van der Waals surface area contributed by atoms with E-state index in [1.807, 2.05) is 0 Å². The summed E-state index contributed by atoms with van der Waals surface area (Å²) in [4.78, 5) is 0. The fraction of sp³-hybridized carbons (Fsp3) is 0.176. The average Bonchev–Trinajstić information content (AvgIpc) is 2.94. The molecule has 0 spiro atoms. The van der Waals surface area contributed by atoms with Crippen LogP contribution < -0.4 is 0 Å². The molecule has 0 bridgehead atoms. The Morgan fingerprint density at radius 1 is 1.20 bits per heavy atom. The van der Waals surface area contributed by atoms with Crippen LogP contribution in [0.25, 0.3) is 5.69 Å². The molecule has 0 aliphatic heterocycles. The van der Waals surface area contributed by atoms with Crippen molar-refractivity contribution in [3.8, 4) is 11.4 Å². The molecule has 1 unspecified atom stereocenters. The minimum absolute atomic E-state index is 0.0437. The summed E-state index contributed by atoms with van der Waals surface area (Å²) in [5, 5.41) is 28.7. The van der Waals surface area contributed by atoms with E-state index >= 15 is 0 Å². The smallest absolute Gasteiger partial charge is 0.142 e. The van der Waals surface area contributed by atoms with Gasteiger partial charge >= 0.3 is 0 Å². The van der Waals surface area contributed by atoms with E-state index in [1.165, 1.54) is 29.9 Å². The molecule has 3 aromatic rings. The second-order valence-electron chi connectivity index (χ2n) is 5.86. The summed E-state index contributed by atoms with van der Waals surface area (Å²) in [6.45, 7) is 1.40. The molecule has 5 nitrogen and oxygen atoms in total. The van der Waals surface area contributed by atoms with Crippen LogP contribution in [0.15, 0.2) is 42.6 Å². The lowest BCUT2D eigenvalue weighted by Gasteiger charge is -2.23. The van der Waals surface area contributed by atoms with Crippen molar-refractivity contribution in [2.45, 2.75) is 18.9 Å². The highest BCUT2D eigenvalue weighted by atomic mass is 35.5. The van der Waals surface area contributed by atoms with Gasteiger partial charge in [0, 0.05) is 29.1 Å². The maximum absolute atomic E-state index is 13.9. The molecule has 8 heteroatoms. The maximum Gasteiger partial charge on any atom is 0.142 e. The van der Waals surface area contributed by atoms with Gasteiger partial charge in [-0.2, -0.15) is 0 Å². The van der Waals surface area contributed by atoms with Gasteiger partial charge in [0.2, 0.25) is 0 Å². The van der Waals surface area contributed by atoms with E-state index in [9.17, 15) is 19.0 Å². The Bertz CT molecular complexity index is 928. The topological polar surface area (TPSA) is 71.2 Å². The highest BCUT2D eigenvalue weighted by Gasteiger charge is 2.28. The zero-order valence-electron chi connectivity index (χ0n) is 13.1. The fourth-order valence-corrected chi connectivity index (χ4v) is 2.73. The van der Waals surface area contributed by atoms with Crippen molar-refractivity contribution in [2.75, 3.05) is 0 Å². The number of rotatable bonds is 4. The molecule has 0 saturated heterocycles. The first-order chi connectivity index (χ1) is 11.8. The van der Waals surface area contributed by atoms with E-state index in [2.05, 4.69) is 10.3 Å². The van der Waals surface area contributed by atoms with Crippen LogP contribution in [0.1, 0.15) is 18.2 Å². The van der Waals surface area contributed by atoms with Crippen LogP contribution in [0.5, 0.6) is 5.75 Å². The number of nitrogens with zero attached hydrogens (tertiary/aromatic N) is 3. The van der Waals surface area contributed by atoms with E-state index in [4.69, 9.17) is 11.6 Å². The molecule has 0 amide bonds. The average molecular weight is 366 g/mol. The lowest BCUT2D eigenvalue weighted by Crippen LogP contribution is -2.26. The monoisotopic (exact) mass is 365 g/mol. The van der Waals surface area contributed by atoms with E-state index < -0.39 is 17.2 Å². The Kier molecular flexibility index (Phi) is 4.45. The summed E-state index contributed by atoms with van der Waals surface area (Å²) >= 11 is 5.79. The SMILES string of the molecule is CC(O)(Cc1cn(-c2ccc(Cl)cc2O)nn1)c1ccc(F)cc1F. The van der Waals surface area contributed by atoms with Crippen LogP contribution in [-0.2, 0) is 12.0 Å². The predicted molar refractivity (Wildman–Crippen MR) is 87.7 cm³/mol. The number of halogens is 3.